The van der Waals surface area contributed by atoms with Gasteiger partial charge in [-0.05, 0) is 31.2 Å². The Bertz CT molecular complexity index is 512. The van der Waals surface area contributed by atoms with Crippen LogP contribution in [-0.4, -0.2) is 34.5 Å². The molecule has 0 radical (unpaired) electrons. The Morgan fingerprint density at radius 3 is 2.79 bits per heavy atom. The van der Waals surface area contributed by atoms with E-state index in [9.17, 15) is 4.79 Å². The second-order valence-corrected chi connectivity index (χ2v) is 5.91. The van der Waals surface area contributed by atoms with Crippen molar-refractivity contribution in [2.45, 2.75) is 17.6 Å². The number of oxime groups is 1. The molecule has 1 fully saturated rings. The zero-order valence-corrected chi connectivity index (χ0v) is 11.5. The first-order valence-corrected chi connectivity index (χ1v) is 7.24. The van der Waals surface area contributed by atoms with Crippen molar-refractivity contribution in [3.8, 4) is 0 Å². The van der Waals surface area contributed by atoms with E-state index < -0.39 is 0 Å². The predicted octanol–water partition coefficient (Wildman–Crippen LogP) is 1.41. The van der Waals surface area contributed by atoms with Crippen molar-refractivity contribution in [2.24, 2.45) is 10.9 Å². The van der Waals surface area contributed by atoms with E-state index in [4.69, 9.17) is 10.9 Å². The van der Waals surface area contributed by atoms with Gasteiger partial charge in [0.2, 0.25) is 0 Å². The highest BCUT2D eigenvalue weighted by molar-refractivity contribution is 8.00. The monoisotopic (exact) mass is 279 g/mol. The Balaban J connectivity index is 2.03. The third-order valence-corrected chi connectivity index (χ3v) is 4.76. The molecule has 5 nitrogen and oxygen atoms in total. The summed E-state index contributed by atoms with van der Waals surface area (Å²) in [5.41, 5.74) is 6.55. The van der Waals surface area contributed by atoms with Gasteiger partial charge in [0.25, 0.3) is 5.91 Å². The van der Waals surface area contributed by atoms with Crippen LogP contribution in [0.2, 0.25) is 0 Å². The number of nitrogens with zero attached hydrogens (tertiary/aromatic N) is 1. The second kappa shape index (κ2) is 5.52. The molecule has 6 heteroatoms. The highest BCUT2D eigenvalue weighted by Crippen LogP contribution is 2.46. The summed E-state index contributed by atoms with van der Waals surface area (Å²) in [5, 5.41) is 14.5. The molecule has 0 spiro atoms. The lowest BCUT2D eigenvalue weighted by Gasteiger charge is -2.13. The molecule has 0 aromatic heterocycles. The van der Waals surface area contributed by atoms with E-state index in [2.05, 4.69) is 16.7 Å². The molecule has 1 aromatic rings. The van der Waals surface area contributed by atoms with Gasteiger partial charge in [-0.25, -0.2) is 0 Å². The molecule has 4 N–H and O–H groups in total. The fourth-order valence-corrected chi connectivity index (χ4v) is 2.54. The molecular formula is C13H17N3O2S. The smallest absolute Gasteiger partial charge is 0.251 e. The molecule has 1 amide bonds. The van der Waals surface area contributed by atoms with Gasteiger partial charge in [-0.1, -0.05) is 17.3 Å². The van der Waals surface area contributed by atoms with Gasteiger partial charge in [-0.2, -0.15) is 11.8 Å². The van der Waals surface area contributed by atoms with Crippen LogP contribution in [0, 0.1) is 0 Å². The van der Waals surface area contributed by atoms with Gasteiger partial charge in [0, 0.05) is 22.4 Å². The van der Waals surface area contributed by atoms with Crippen molar-refractivity contribution in [3.63, 3.8) is 0 Å². The molecular weight excluding hydrogens is 262 g/mol. The fourth-order valence-electron chi connectivity index (χ4n) is 1.81. The van der Waals surface area contributed by atoms with Gasteiger partial charge in [-0.15, -0.1) is 0 Å². The highest BCUT2D eigenvalue weighted by atomic mass is 32.2. The molecule has 19 heavy (non-hydrogen) atoms. The molecule has 0 bridgehead atoms. The lowest BCUT2D eigenvalue weighted by Crippen LogP contribution is -2.31. The molecule has 0 heterocycles. The van der Waals surface area contributed by atoms with E-state index in [1.165, 1.54) is 0 Å². The molecule has 1 aliphatic rings. The maximum atomic E-state index is 12.0. The van der Waals surface area contributed by atoms with Gasteiger partial charge in [0.1, 0.15) is 0 Å². The number of rotatable bonds is 5. The number of hydrogen-bond donors (Lipinski definition) is 3. The lowest BCUT2D eigenvalue weighted by molar-refractivity contribution is 0.0953. The molecule has 0 aliphatic heterocycles. The van der Waals surface area contributed by atoms with Crippen LogP contribution in [-0.2, 0) is 0 Å². The summed E-state index contributed by atoms with van der Waals surface area (Å²) in [6.45, 7) is 0.681. The van der Waals surface area contributed by atoms with Crippen LogP contribution in [0.3, 0.4) is 0 Å². The van der Waals surface area contributed by atoms with Crippen molar-refractivity contribution in [1.82, 2.24) is 5.32 Å². The zero-order valence-electron chi connectivity index (χ0n) is 10.7. The number of carbonyl (C=O) groups excluding carboxylic acids is 1. The Hall–Kier alpha value is -1.69. The summed E-state index contributed by atoms with van der Waals surface area (Å²) >= 11 is 1.80. The first-order chi connectivity index (χ1) is 9.10. The average Bonchev–Trinajstić information content (AvgIpc) is 3.24. The largest absolute Gasteiger partial charge is 0.409 e. The van der Waals surface area contributed by atoms with Gasteiger partial charge < -0.3 is 16.3 Å². The van der Waals surface area contributed by atoms with Crippen LogP contribution in [0.25, 0.3) is 0 Å². The predicted molar refractivity (Wildman–Crippen MR) is 76.8 cm³/mol. The van der Waals surface area contributed by atoms with Gasteiger partial charge >= 0.3 is 0 Å². The number of amidine groups is 1. The summed E-state index contributed by atoms with van der Waals surface area (Å²) in [6, 6.07) is 6.73. The molecule has 0 saturated heterocycles. The topological polar surface area (TPSA) is 87.7 Å². The van der Waals surface area contributed by atoms with E-state index in [1.54, 1.807) is 36.0 Å². The number of nitrogens with two attached hydrogens (primary N) is 1. The Labute approximate surface area is 116 Å². The van der Waals surface area contributed by atoms with Gasteiger partial charge in [-0.3, -0.25) is 4.79 Å². The lowest BCUT2D eigenvalue weighted by atomic mass is 10.1. The van der Waals surface area contributed by atoms with E-state index in [0.29, 0.717) is 17.7 Å². The average molecular weight is 279 g/mol. The summed E-state index contributed by atoms with van der Waals surface area (Å²) in [5.74, 6) is -0.134. The number of thioether (sulfide) groups is 1. The van der Waals surface area contributed by atoms with Crippen LogP contribution < -0.4 is 11.1 Å². The van der Waals surface area contributed by atoms with E-state index in [1.807, 2.05) is 0 Å². The van der Waals surface area contributed by atoms with Crippen molar-refractivity contribution < 1.29 is 10.0 Å². The maximum Gasteiger partial charge on any atom is 0.251 e. The minimum absolute atomic E-state index is 0.00238. The Kier molecular flexibility index (Phi) is 3.99. The van der Waals surface area contributed by atoms with Crippen molar-refractivity contribution in [3.05, 3.63) is 35.4 Å². The van der Waals surface area contributed by atoms with E-state index in [0.717, 1.165) is 12.8 Å². The minimum atomic E-state index is -0.132. The van der Waals surface area contributed by atoms with E-state index >= 15 is 0 Å². The van der Waals surface area contributed by atoms with Gasteiger partial charge in [0.05, 0.1) is 0 Å². The van der Waals surface area contributed by atoms with Crippen LogP contribution in [0.5, 0.6) is 0 Å². The summed E-state index contributed by atoms with van der Waals surface area (Å²) < 4.78 is 0.235. The van der Waals surface area contributed by atoms with Crippen LogP contribution in [0.1, 0.15) is 28.8 Å². The molecule has 0 unspecified atom stereocenters. The number of carbonyl (C=O) groups is 1. The number of nitrogens with one attached hydrogen (secondary N) is 1. The number of hydrogen-bond acceptors (Lipinski definition) is 4. The molecule has 1 aromatic carbocycles. The van der Waals surface area contributed by atoms with Crippen molar-refractivity contribution in [1.29, 1.82) is 0 Å². The Morgan fingerprint density at radius 1 is 1.53 bits per heavy atom. The molecule has 1 aliphatic carbocycles. The zero-order chi connectivity index (χ0) is 13.9. The first kappa shape index (κ1) is 13.7. The second-order valence-electron chi connectivity index (χ2n) is 4.64. The Morgan fingerprint density at radius 2 is 2.21 bits per heavy atom. The van der Waals surface area contributed by atoms with Crippen molar-refractivity contribution in [2.75, 3.05) is 12.8 Å². The summed E-state index contributed by atoms with van der Waals surface area (Å²) in [7, 11) is 0. The normalized spacial score (nSPS) is 17.0. The summed E-state index contributed by atoms with van der Waals surface area (Å²) in [6.07, 6.45) is 4.37. The third-order valence-electron chi connectivity index (χ3n) is 3.34. The van der Waals surface area contributed by atoms with Crippen LogP contribution >= 0.6 is 11.8 Å². The van der Waals surface area contributed by atoms with Gasteiger partial charge in [0.15, 0.2) is 5.84 Å². The fraction of sp³-hybridized carbons (Fsp3) is 0.385. The summed E-state index contributed by atoms with van der Waals surface area (Å²) in [4.78, 5) is 12.0. The number of amides is 1. The minimum Gasteiger partial charge on any atom is -0.409 e. The third kappa shape index (κ3) is 3.20. The molecule has 2 rings (SSSR count). The molecule has 1 saturated carbocycles. The van der Waals surface area contributed by atoms with E-state index in [-0.39, 0.29) is 16.5 Å². The number of benzene rings is 1. The molecule has 102 valence electrons. The van der Waals surface area contributed by atoms with Crippen LogP contribution in [0.4, 0.5) is 0 Å². The molecule has 0 atom stereocenters. The SMILES string of the molecule is CSC1(CNC(=O)c2cccc(/C(N)=N/O)c2)CC1. The maximum absolute atomic E-state index is 12.0. The standard InChI is InChI=1S/C13H17N3O2S/c1-19-13(5-6-13)8-15-12(17)10-4-2-3-9(7-10)11(14)16-18/h2-4,7,18H,5-6,8H2,1H3,(H2,14,16)(H,15,17). The van der Waals surface area contributed by atoms with Crippen molar-refractivity contribution >= 4 is 23.5 Å². The first-order valence-electron chi connectivity index (χ1n) is 6.01. The highest BCUT2D eigenvalue weighted by Gasteiger charge is 2.41. The van der Waals surface area contributed by atoms with Crippen LogP contribution in [0.15, 0.2) is 29.4 Å². The quantitative estimate of drug-likeness (QED) is 0.329.